The molecule has 0 amide bonds. The number of rotatable bonds is 5. The first-order valence-electron chi connectivity index (χ1n) is 6.74. The van der Waals surface area contributed by atoms with Crippen LogP contribution < -0.4 is 4.90 Å². The lowest BCUT2D eigenvalue weighted by Gasteiger charge is -2.24. The lowest BCUT2D eigenvalue weighted by atomic mass is 10.1. The van der Waals surface area contributed by atoms with Crippen molar-refractivity contribution < 1.29 is 5.11 Å². The van der Waals surface area contributed by atoms with Crippen LogP contribution in [-0.4, -0.2) is 16.6 Å². The van der Waals surface area contributed by atoms with Crippen molar-refractivity contribution >= 4 is 21.6 Å². The fraction of sp³-hybridized carbons (Fsp3) is 0.312. The van der Waals surface area contributed by atoms with Crippen LogP contribution in [0.1, 0.15) is 31.2 Å². The van der Waals surface area contributed by atoms with Gasteiger partial charge in [0.2, 0.25) is 0 Å². The van der Waals surface area contributed by atoms with Crippen LogP contribution >= 0.6 is 15.9 Å². The number of pyridine rings is 1. The van der Waals surface area contributed by atoms with Crippen LogP contribution in [0.3, 0.4) is 0 Å². The minimum atomic E-state index is -0.453. The van der Waals surface area contributed by atoms with E-state index >= 15 is 0 Å². The summed E-state index contributed by atoms with van der Waals surface area (Å²) in [5.41, 5.74) is 3.07. The third-order valence-corrected chi connectivity index (χ3v) is 3.89. The summed E-state index contributed by atoms with van der Waals surface area (Å²) in [6.07, 6.45) is 1.36. The smallest absolute Gasteiger partial charge is 0.0762 e. The van der Waals surface area contributed by atoms with Crippen LogP contribution in [-0.2, 0) is 6.54 Å². The van der Waals surface area contributed by atoms with Crippen molar-refractivity contribution in [3.05, 3.63) is 58.3 Å². The van der Waals surface area contributed by atoms with Gasteiger partial charge in [0.1, 0.15) is 0 Å². The quantitative estimate of drug-likeness (QED) is 0.900. The summed E-state index contributed by atoms with van der Waals surface area (Å²) in [5, 5.41) is 9.63. The Balaban J connectivity index is 2.23. The summed E-state index contributed by atoms with van der Waals surface area (Å²) in [7, 11) is 0. The monoisotopic (exact) mass is 334 g/mol. The van der Waals surface area contributed by atoms with E-state index in [2.05, 4.69) is 32.7 Å². The molecule has 4 heteroatoms. The van der Waals surface area contributed by atoms with Gasteiger partial charge in [-0.05, 0) is 59.6 Å². The highest BCUT2D eigenvalue weighted by Crippen LogP contribution is 2.30. The van der Waals surface area contributed by atoms with Gasteiger partial charge in [-0.3, -0.25) is 4.98 Å². The van der Waals surface area contributed by atoms with Gasteiger partial charge in [0, 0.05) is 17.2 Å². The molecule has 0 aliphatic heterocycles. The number of aliphatic hydroxyl groups is 1. The molecule has 106 valence electrons. The number of aromatic nitrogens is 1. The van der Waals surface area contributed by atoms with Gasteiger partial charge in [-0.25, -0.2) is 0 Å². The molecule has 20 heavy (non-hydrogen) atoms. The molecule has 2 aromatic rings. The zero-order chi connectivity index (χ0) is 14.5. The molecule has 1 aromatic heterocycles. The fourth-order valence-electron chi connectivity index (χ4n) is 2.09. The first kappa shape index (κ1) is 15.0. The van der Waals surface area contributed by atoms with Gasteiger partial charge < -0.3 is 10.0 Å². The van der Waals surface area contributed by atoms with Crippen LogP contribution in [0.2, 0.25) is 0 Å². The molecule has 0 fully saturated rings. The number of anilines is 1. The first-order chi connectivity index (χ1) is 9.61. The first-order valence-corrected chi connectivity index (χ1v) is 7.53. The van der Waals surface area contributed by atoms with Crippen molar-refractivity contribution in [3.63, 3.8) is 0 Å². The Morgan fingerprint density at radius 1 is 1.30 bits per heavy atom. The van der Waals surface area contributed by atoms with Crippen molar-refractivity contribution in [2.24, 2.45) is 0 Å². The van der Waals surface area contributed by atoms with E-state index in [9.17, 15) is 5.11 Å². The summed E-state index contributed by atoms with van der Waals surface area (Å²) in [6.45, 7) is 5.55. The summed E-state index contributed by atoms with van der Waals surface area (Å²) >= 11 is 3.60. The lowest BCUT2D eigenvalue weighted by Crippen LogP contribution is -2.23. The maximum absolute atomic E-state index is 9.63. The molecule has 0 spiro atoms. The Morgan fingerprint density at radius 3 is 2.65 bits per heavy atom. The Hall–Kier alpha value is -1.39. The number of nitrogens with zero attached hydrogens (tertiary/aromatic N) is 2. The predicted octanol–water partition coefficient (Wildman–Crippen LogP) is 3.92. The summed E-state index contributed by atoms with van der Waals surface area (Å²) < 4.78 is 0.994. The zero-order valence-electron chi connectivity index (χ0n) is 11.8. The third kappa shape index (κ3) is 3.58. The Bertz CT molecular complexity index is 558. The molecule has 0 saturated carbocycles. The average Bonchev–Trinajstić information content (AvgIpc) is 2.46. The Kier molecular flexibility index (Phi) is 5.15. The van der Waals surface area contributed by atoms with E-state index < -0.39 is 6.10 Å². The van der Waals surface area contributed by atoms with E-state index in [1.165, 1.54) is 0 Å². The molecular formula is C16H19BrN2O. The molecule has 1 N–H and O–H groups in total. The van der Waals surface area contributed by atoms with Gasteiger partial charge in [-0.1, -0.05) is 12.1 Å². The number of hydrogen-bond acceptors (Lipinski definition) is 3. The van der Waals surface area contributed by atoms with Crippen molar-refractivity contribution in [2.45, 2.75) is 26.5 Å². The molecule has 0 radical (unpaired) electrons. The van der Waals surface area contributed by atoms with E-state index in [-0.39, 0.29) is 0 Å². The highest BCUT2D eigenvalue weighted by molar-refractivity contribution is 9.10. The van der Waals surface area contributed by atoms with Gasteiger partial charge in [0.25, 0.3) is 0 Å². The fourth-order valence-corrected chi connectivity index (χ4v) is 2.74. The SMILES string of the molecule is CCN(Cc1ccccn1)c1ccc([C@H](C)O)cc1Br. The summed E-state index contributed by atoms with van der Waals surface area (Å²) in [5.74, 6) is 0. The van der Waals surface area contributed by atoms with E-state index in [0.29, 0.717) is 0 Å². The van der Waals surface area contributed by atoms with Gasteiger partial charge in [0.05, 0.1) is 24.0 Å². The molecule has 1 aromatic carbocycles. The standard InChI is InChI=1S/C16H19BrN2O/c1-3-19(11-14-6-4-5-9-18-14)16-8-7-13(12(2)20)10-15(16)17/h4-10,12,20H,3,11H2,1-2H3/t12-/m0/s1. The predicted molar refractivity (Wildman–Crippen MR) is 85.7 cm³/mol. The van der Waals surface area contributed by atoms with Crippen LogP contribution in [0.25, 0.3) is 0 Å². The van der Waals surface area contributed by atoms with Crippen molar-refractivity contribution in [1.29, 1.82) is 0 Å². The maximum atomic E-state index is 9.63. The van der Waals surface area contributed by atoms with Gasteiger partial charge in [-0.15, -0.1) is 0 Å². The highest BCUT2D eigenvalue weighted by atomic mass is 79.9. The minimum absolute atomic E-state index is 0.453. The summed E-state index contributed by atoms with van der Waals surface area (Å²) in [4.78, 5) is 6.62. The highest BCUT2D eigenvalue weighted by Gasteiger charge is 2.11. The minimum Gasteiger partial charge on any atom is -0.389 e. The van der Waals surface area contributed by atoms with Gasteiger partial charge in [-0.2, -0.15) is 0 Å². The van der Waals surface area contributed by atoms with Crippen molar-refractivity contribution in [2.75, 3.05) is 11.4 Å². The Labute approximate surface area is 128 Å². The van der Waals surface area contributed by atoms with Crippen molar-refractivity contribution in [3.8, 4) is 0 Å². The Morgan fingerprint density at radius 2 is 2.10 bits per heavy atom. The molecule has 0 bridgehead atoms. The lowest BCUT2D eigenvalue weighted by molar-refractivity contribution is 0.199. The summed E-state index contributed by atoms with van der Waals surface area (Å²) in [6, 6.07) is 11.9. The molecule has 0 unspecified atom stereocenters. The van der Waals surface area contributed by atoms with Crippen LogP contribution in [0.5, 0.6) is 0 Å². The molecule has 0 saturated heterocycles. The molecule has 2 rings (SSSR count). The third-order valence-electron chi connectivity index (χ3n) is 3.26. The van der Waals surface area contributed by atoms with Gasteiger partial charge >= 0.3 is 0 Å². The molecular weight excluding hydrogens is 316 g/mol. The number of hydrogen-bond donors (Lipinski definition) is 1. The second kappa shape index (κ2) is 6.86. The molecule has 1 heterocycles. The molecule has 0 aliphatic rings. The number of benzene rings is 1. The van der Waals surface area contributed by atoms with E-state index in [0.717, 1.165) is 34.5 Å². The number of halogens is 1. The second-order valence-corrected chi connectivity index (χ2v) is 5.58. The van der Waals surface area contributed by atoms with Crippen LogP contribution in [0, 0.1) is 0 Å². The number of aliphatic hydroxyl groups excluding tert-OH is 1. The van der Waals surface area contributed by atoms with E-state index in [4.69, 9.17) is 0 Å². The zero-order valence-corrected chi connectivity index (χ0v) is 13.3. The van der Waals surface area contributed by atoms with E-state index in [1.807, 2.05) is 42.6 Å². The average molecular weight is 335 g/mol. The molecule has 0 aliphatic carbocycles. The maximum Gasteiger partial charge on any atom is 0.0762 e. The topological polar surface area (TPSA) is 36.4 Å². The van der Waals surface area contributed by atoms with Gasteiger partial charge in [0.15, 0.2) is 0 Å². The van der Waals surface area contributed by atoms with Crippen LogP contribution in [0.15, 0.2) is 47.1 Å². The largest absolute Gasteiger partial charge is 0.389 e. The van der Waals surface area contributed by atoms with Crippen LogP contribution in [0.4, 0.5) is 5.69 Å². The normalized spacial score (nSPS) is 12.2. The molecule has 1 atom stereocenters. The van der Waals surface area contributed by atoms with E-state index in [1.54, 1.807) is 6.92 Å². The molecule has 3 nitrogen and oxygen atoms in total. The van der Waals surface area contributed by atoms with Crippen molar-refractivity contribution in [1.82, 2.24) is 4.98 Å². The second-order valence-electron chi connectivity index (χ2n) is 4.72.